The van der Waals surface area contributed by atoms with E-state index in [0.29, 0.717) is 0 Å². The van der Waals surface area contributed by atoms with Crippen LogP contribution in [0.25, 0.3) is 0 Å². The maximum absolute atomic E-state index is 12.6. The van der Waals surface area contributed by atoms with Crippen LogP contribution < -0.4 is 0 Å². The number of nitrogens with zero attached hydrogens (tertiary/aromatic N) is 2. The van der Waals surface area contributed by atoms with Gasteiger partial charge in [0.2, 0.25) is 11.6 Å². The van der Waals surface area contributed by atoms with E-state index >= 15 is 0 Å². The zero-order valence-electron chi connectivity index (χ0n) is 24.2. The van der Waals surface area contributed by atoms with Gasteiger partial charge in [-0.2, -0.15) is 10.1 Å². The summed E-state index contributed by atoms with van der Waals surface area (Å²) in [6, 6.07) is 0. The highest BCUT2D eigenvalue weighted by Gasteiger charge is 2.56. The second-order valence-corrected chi connectivity index (χ2v) is 13.0. The van der Waals surface area contributed by atoms with Gasteiger partial charge < -0.3 is 29.9 Å². The number of hydrogen-bond donors (Lipinski definition) is 4. The van der Waals surface area contributed by atoms with Crippen LogP contribution in [0.2, 0.25) is 0 Å². The first kappa shape index (κ1) is 32.8. The first-order chi connectivity index (χ1) is 17.2. The summed E-state index contributed by atoms with van der Waals surface area (Å²) in [6.45, 7) is 14.6. The summed E-state index contributed by atoms with van der Waals surface area (Å²) in [5.41, 5.74) is -2.87. The van der Waals surface area contributed by atoms with E-state index in [0.717, 1.165) is 0 Å². The largest absolute Gasteiger partial charge is 0.433 e. The average Bonchev–Trinajstić information content (AvgIpc) is 2.67. The molecule has 222 valence electrons. The highest BCUT2D eigenvalue weighted by Crippen LogP contribution is 2.45. The summed E-state index contributed by atoms with van der Waals surface area (Å²) in [7, 11) is 0. The number of carbonyl (C=O) groups excluding carboxylic acids is 2. The van der Waals surface area contributed by atoms with E-state index in [1.165, 1.54) is 0 Å². The average molecular weight is 549 g/mol. The van der Waals surface area contributed by atoms with E-state index in [1.54, 1.807) is 10.1 Å². The van der Waals surface area contributed by atoms with Gasteiger partial charge in [0.25, 0.3) is 0 Å². The van der Waals surface area contributed by atoms with Crippen LogP contribution in [-0.2, 0) is 28.7 Å². The SMILES string of the molecule is CC1(C)CC(O)(OC(=O)CCC(=O)OC2(O)CC(C)(C)N(OCCO)C(C)(C)C2)CC(C)(C)N1OCCO. The van der Waals surface area contributed by atoms with Gasteiger partial charge in [-0.15, -0.1) is 0 Å². The molecule has 2 rings (SSSR count). The second-order valence-electron chi connectivity index (χ2n) is 13.0. The lowest BCUT2D eigenvalue weighted by Gasteiger charge is -2.55. The van der Waals surface area contributed by atoms with Crippen molar-refractivity contribution in [1.29, 1.82) is 0 Å². The number of carbonyl (C=O) groups is 2. The molecule has 0 unspecified atom stereocenters. The molecule has 0 amide bonds. The first-order valence-electron chi connectivity index (χ1n) is 13.2. The predicted molar refractivity (Wildman–Crippen MR) is 136 cm³/mol. The van der Waals surface area contributed by atoms with Crippen LogP contribution >= 0.6 is 0 Å². The predicted octanol–water partition coefficient (Wildman–Crippen LogP) is 1.38. The van der Waals surface area contributed by atoms with E-state index in [2.05, 4.69) is 0 Å². The third-order valence-electron chi connectivity index (χ3n) is 6.80. The van der Waals surface area contributed by atoms with Crippen LogP contribution in [-0.4, -0.2) is 103 Å². The van der Waals surface area contributed by atoms with E-state index in [9.17, 15) is 19.8 Å². The molecular weight excluding hydrogens is 500 g/mol. The summed E-state index contributed by atoms with van der Waals surface area (Å²) in [6.07, 6.45) is -0.427. The minimum absolute atomic E-state index is 0.0593. The lowest BCUT2D eigenvalue weighted by Crippen LogP contribution is -2.66. The van der Waals surface area contributed by atoms with Crippen LogP contribution in [0.5, 0.6) is 0 Å². The van der Waals surface area contributed by atoms with Crippen molar-refractivity contribution in [3.8, 4) is 0 Å². The number of hydroxylamine groups is 4. The lowest BCUT2D eigenvalue weighted by molar-refractivity contribution is -0.342. The second kappa shape index (κ2) is 11.6. The Labute approximate surface area is 225 Å². The Hall–Kier alpha value is -1.38. The van der Waals surface area contributed by atoms with E-state index in [1.807, 2.05) is 55.4 Å². The fourth-order valence-electron chi connectivity index (χ4n) is 6.59. The van der Waals surface area contributed by atoms with Crippen molar-refractivity contribution in [1.82, 2.24) is 10.1 Å². The molecule has 0 bridgehead atoms. The third kappa shape index (κ3) is 8.07. The highest BCUT2D eigenvalue weighted by molar-refractivity contribution is 5.78. The van der Waals surface area contributed by atoms with Gasteiger partial charge in [0.05, 0.1) is 39.3 Å². The molecule has 0 saturated carbocycles. The molecule has 2 saturated heterocycles. The van der Waals surface area contributed by atoms with Crippen LogP contribution in [0.3, 0.4) is 0 Å². The Kier molecular flexibility index (Phi) is 10.0. The fraction of sp³-hybridized carbons (Fsp3) is 0.923. The number of piperidine rings is 2. The van der Waals surface area contributed by atoms with Crippen molar-refractivity contribution in [2.24, 2.45) is 0 Å². The molecule has 0 spiro atoms. The monoisotopic (exact) mass is 548 g/mol. The van der Waals surface area contributed by atoms with E-state index < -0.39 is 45.7 Å². The lowest BCUT2D eigenvalue weighted by atomic mass is 9.78. The molecule has 4 N–H and O–H groups in total. The normalized spacial score (nSPS) is 25.5. The van der Waals surface area contributed by atoms with Crippen LogP contribution in [0, 0.1) is 0 Å². The first-order valence-corrected chi connectivity index (χ1v) is 13.2. The zero-order chi connectivity index (χ0) is 29.2. The minimum atomic E-state index is -1.78. The maximum Gasteiger partial charge on any atom is 0.308 e. The van der Waals surface area contributed by atoms with Crippen molar-refractivity contribution in [2.75, 3.05) is 26.4 Å². The molecule has 0 aromatic carbocycles. The molecular formula is C26H48N2O10. The number of aliphatic hydroxyl groups excluding tert-OH is 2. The summed E-state index contributed by atoms with van der Waals surface area (Å²) in [5, 5.41) is 44.0. The molecule has 12 heteroatoms. The molecule has 38 heavy (non-hydrogen) atoms. The Morgan fingerprint density at radius 1 is 0.605 bits per heavy atom. The third-order valence-corrected chi connectivity index (χ3v) is 6.80. The molecule has 0 radical (unpaired) electrons. The Balaban J connectivity index is 1.97. The Bertz CT molecular complexity index is 738. The molecule has 0 aromatic heterocycles. The topological polar surface area (TPSA) is 158 Å². The van der Waals surface area contributed by atoms with Gasteiger partial charge in [0.15, 0.2) is 0 Å². The smallest absolute Gasteiger partial charge is 0.308 e. The van der Waals surface area contributed by atoms with E-state index in [4.69, 9.17) is 29.4 Å². The summed E-state index contributed by atoms with van der Waals surface area (Å²) in [4.78, 5) is 36.7. The number of ether oxygens (including phenoxy) is 2. The Morgan fingerprint density at radius 3 is 1.11 bits per heavy atom. The summed E-state index contributed by atoms with van der Waals surface area (Å²) in [5.74, 6) is -5.08. The van der Waals surface area contributed by atoms with Gasteiger partial charge in [0.1, 0.15) is 0 Å². The van der Waals surface area contributed by atoms with Gasteiger partial charge in [-0.05, 0) is 55.4 Å². The zero-order valence-corrected chi connectivity index (χ0v) is 24.2. The fourth-order valence-corrected chi connectivity index (χ4v) is 6.59. The van der Waals surface area contributed by atoms with Crippen LogP contribution in [0.4, 0.5) is 0 Å². The van der Waals surface area contributed by atoms with Crippen molar-refractivity contribution >= 4 is 11.9 Å². The Morgan fingerprint density at radius 2 is 0.868 bits per heavy atom. The summed E-state index contributed by atoms with van der Waals surface area (Å²) < 4.78 is 10.9. The molecule has 2 fully saturated rings. The molecule has 12 nitrogen and oxygen atoms in total. The van der Waals surface area contributed by atoms with Gasteiger partial charge in [-0.1, -0.05) is 0 Å². The van der Waals surface area contributed by atoms with Gasteiger partial charge in [-0.3, -0.25) is 19.3 Å². The number of hydrogen-bond acceptors (Lipinski definition) is 12. The number of esters is 2. The summed E-state index contributed by atoms with van der Waals surface area (Å²) >= 11 is 0. The molecule has 0 aromatic rings. The quantitative estimate of drug-likeness (QED) is 0.217. The van der Waals surface area contributed by atoms with Crippen molar-refractivity contribution in [3.05, 3.63) is 0 Å². The molecule has 0 atom stereocenters. The van der Waals surface area contributed by atoms with Gasteiger partial charge in [-0.25, -0.2) is 0 Å². The van der Waals surface area contributed by atoms with Crippen molar-refractivity contribution < 1.29 is 49.2 Å². The molecule has 2 heterocycles. The molecule has 2 aliphatic heterocycles. The standard InChI is InChI=1S/C26H48N2O10/c1-21(2)15-25(33,16-22(3,4)27(21)35-13-11-29)37-19(31)9-10-20(32)38-26(34)17-23(5,6)28(36-14-12-30)24(7,8)18-26/h29-30,33-34H,9-18H2,1-8H3. The molecule has 2 aliphatic rings. The van der Waals surface area contributed by atoms with Crippen molar-refractivity contribution in [2.45, 2.75) is 128 Å². The number of rotatable bonds is 11. The van der Waals surface area contributed by atoms with Crippen LogP contribution in [0.1, 0.15) is 93.9 Å². The number of aliphatic hydroxyl groups is 4. The van der Waals surface area contributed by atoms with Gasteiger partial charge >= 0.3 is 11.9 Å². The van der Waals surface area contributed by atoms with Gasteiger partial charge in [0, 0.05) is 47.8 Å². The minimum Gasteiger partial charge on any atom is -0.433 e. The highest BCUT2D eigenvalue weighted by atomic mass is 16.7. The van der Waals surface area contributed by atoms with E-state index in [-0.39, 0.29) is 65.0 Å². The van der Waals surface area contributed by atoms with Crippen molar-refractivity contribution in [3.63, 3.8) is 0 Å². The maximum atomic E-state index is 12.6. The van der Waals surface area contributed by atoms with Crippen LogP contribution in [0.15, 0.2) is 0 Å². The molecule has 0 aliphatic carbocycles.